The van der Waals surface area contributed by atoms with Gasteiger partial charge in [0.1, 0.15) is 18.0 Å². The molecular formula is C22H25N3O4. The quantitative estimate of drug-likeness (QED) is 0.841. The molecule has 7 nitrogen and oxygen atoms in total. The van der Waals surface area contributed by atoms with E-state index in [0.29, 0.717) is 18.0 Å². The fourth-order valence-corrected chi connectivity index (χ4v) is 3.93. The average Bonchev–Trinajstić information content (AvgIpc) is 3.19. The van der Waals surface area contributed by atoms with Gasteiger partial charge in [0.05, 0.1) is 18.5 Å². The highest BCUT2D eigenvalue weighted by Gasteiger charge is 2.33. The molecule has 0 radical (unpaired) electrons. The molecule has 2 aromatic carbocycles. The maximum atomic E-state index is 12.7. The van der Waals surface area contributed by atoms with Crippen LogP contribution in [0.4, 0.5) is 11.4 Å². The topological polar surface area (TPSA) is 71.1 Å². The average molecular weight is 395 g/mol. The second kappa shape index (κ2) is 8.03. The molecule has 1 saturated heterocycles. The number of carbonyl (C=O) groups excluding carboxylic acids is 2. The molecule has 0 saturated carbocycles. The minimum atomic E-state index is -0.606. The minimum absolute atomic E-state index is 0.0191. The number of para-hydroxylation sites is 4. The first kappa shape index (κ1) is 19.1. The van der Waals surface area contributed by atoms with Crippen LogP contribution in [0, 0.1) is 0 Å². The summed E-state index contributed by atoms with van der Waals surface area (Å²) in [6, 6.07) is 15.2. The van der Waals surface area contributed by atoms with E-state index in [4.69, 9.17) is 9.47 Å². The molecule has 7 heteroatoms. The number of nitrogens with one attached hydrogen (secondary N) is 1. The number of rotatable bonds is 5. The lowest BCUT2D eigenvalue weighted by Crippen LogP contribution is -2.50. The summed E-state index contributed by atoms with van der Waals surface area (Å²) >= 11 is 0. The van der Waals surface area contributed by atoms with Crippen LogP contribution in [0.2, 0.25) is 0 Å². The Labute approximate surface area is 170 Å². The number of amides is 2. The molecule has 29 heavy (non-hydrogen) atoms. The second-order valence-electron chi connectivity index (χ2n) is 7.32. The van der Waals surface area contributed by atoms with Crippen LogP contribution in [0.1, 0.15) is 13.3 Å². The summed E-state index contributed by atoms with van der Waals surface area (Å²) in [5, 5.41) is 3.07. The third-order valence-corrected chi connectivity index (χ3v) is 5.35. The van der Waals surface area contributed by atoms with Gasteiger partial charge in [-0.3, -0.25) is 14.5 Å². The first-order valence-corrected chi connectivity index (χ1v) is 9.81. The van der Waals surface area contributed by atoms with Crippen LogP contribution >= 0.6 is 0 Å². The molecule has 1 fully saturated rings. The maximum Gasteiger partial charge on any atom is 0.268 e. The van der Waals surface area contributed by atoms with Crippen LogP contribution in [-0.4, -0.2) is 50.7 Å². The van der Waals surface area contributed by atoms with E-state index in [9.17, 15) is 9.59 Å². The third-order valence-electron chi connectivity index (χ3n) is 5.35. The van der Waals surface area contributed by atoms with Crippen LogP contribution in [0.5, 0.6) is 11.5 Å². The van der Waals surface area contributed by atoms with Gasteiger partial charge in [-0.1, -0.05) is 24.3 Å². The van der Waals surface area contributed by atoms with Crippen LogP contribution < -0.4 is 24.6 Å². The molecule has 0 aromatic heterocycles. The number of fused-ring (bicyclic) bond motifs is 1. The second-order valence-corrected chi connectivity index (χ2v) is 7.32. The molecule has 2 unspecified atom stereocenters. The minimum Gasteiger partial charge on any atom is -0.495 e. The van der Waals surface area contributed by atoms with E-state index < -0.39 is 6.10 Å². The summed E-state index contributed by atoms with van der Waals surface area (Å²) in [6.45, 7) is 3.22. The zero-order valence-electron chi connectivity index (χ0n) is 16.6. The van der Waals surface area contributed by atoms with Crippen molar-refractivity contribution in [3.05, 3.63) is 48.5 Å². The van der Waals surface area contributed by atoms with Crippen molar-refractivity contribution in [2.75, 3.05) is 36.5 Å². The SMILES string of the molecule is COc1ccccc1N1CCC(NC(=O)CN2C(=O)C(C)Oc3ccccc32)C1. The summed E-state index contributed by atoms with van der Waals surface area (Å²) in [6.07, 6.45) is 0.235. The van der Waals surface area contributed by atoms with Crippen molar-refractivity contribution in [2.45, 2.75) is 25.5 Å². The lowest BCUT2D eigenvalue weighted by atomic mass is 10.2. The van der Waals surface area contributed by atoms with Gasteiger partial charge in [-0.2, -0.15) is 0 Å². The first-order chi connectivity index (χ1) is 14.1. The van der Waals surface area contributed by atoms with Crippen LogP contribution in [0.15, 0.2) is 48.5 Å². The molecule has 4 rings (SSSR count). The number of hydrogen-bond acceptors (Lipinski definition) is 5. The Kier molecular flexibility index (Phi) is 5.29. The van der Waals surface area contributed by atoms with E-state index in [-0.39, 0.29) is 24.4 Å². The normalized spacial score (nSPS) is 20.8. The Balaban J connectivity index is 1.40. The highest BCUT2D eigenvalue weighted by molar-refractivity contribution is 6.03. The zero-order valence-corrected chi connectivity index (χ0v) is 16.6. The lowest BCUT2D eigenvalue weighted by Gasteiger charge is -2.32. The summed E-state index contributed by atoms with van der Waals surface area (Å²) in [4.78, 5) is 29.0. The van der Waals surface area contributed by atoms with Crippen molar-refractivity contribution in [1.29, 1.82) is 0 Å². The molecule has 1 N–H and O–H groups in total. The Morgan fingerprint density at radius 2 is 1.90 bits per heavy atom. The van der Waals surface area contributed by atoms with Gasteiger partial charge in [0.25, 0.3) is 5.91 Å². The number of benzene rings is 2. The molecule has 2 aliphatic rings. The van der Waals surface area contributed by atoms with Crippen LogP contribution in [0.3, 0.4) is 0 Å². The predicted molar refractivity (Wildman–Crippen MR) is 111 cm³/mol. The van der Waals surface area contributed by atoms with Crippen molar-refractivity contribution >= 4 is 23.2 Å². The third kappa shape index (κ3) is 3.85. The molecule has 2 aliphatic heterocycles. The van der Waals surface area contributed by atoms with E-state index >= 15 is 0 Å². The van der Waals surface area contributed by atoms with E-state index in [1.54, 1.807) is 20.1 Å². The van der Waals surface area contributed by atoms with Gasteiger partial charge < -0.3 is 19.7 Å². The van der Waals surface area contributed by atoms with Gasteiger partial charge in [0.2, 0.25) is 5.91 Å². The molecule has 0 bridgehead atoms. The highest BCUT2D eigenvalue weighted by atomic mass is 16.5. The van der Waals surface area contributed by atoms with Crippen molar-refractivity contribution < 1.29 is 19.1 Å². The van der Waals surface area contributed by atoms with Gasteiger partial charge in [0.15, 0.2) is 6.10 Å². The first-order valence-electron chi connectivity index (χ1n) is 9.81. The standard InChI is InChI=1S/C22H25N3O4/c1-15-22(27)25(18-8-4-6-10-20(18)29-15)14-21(26)23-16-11-12-24(13-16)17-7-3-5-9-19(17)28-2/h3-10,15-16H,11-14H2,1-2H3,(H,23,26). The Hall–Kier alpha value is -3.22. The van der Waals surface area contributed by atoms with Gasteiger partial charge in [0, 0.05) is 19.1 Å². The number of hydrogen-bond donors (Lipinski definition) is 1. The largest absolute Gasteiger partial charge is 0.495 e. The molecule has 2 heterocycles. The Bertz CT molecular complexity index is 916. The van der Waals surface area contributed by atoms with Crippen molar-refractivity contribution in [3.8, 4) is 11.5 Å². The van der Waals surface area contributed by atoms with E-state index in [2.05, 4.69) is 10.2 Å². The molecule has 152 valence electrons. The monoisotopic (exact) mass is 395 g/mol. The highest BCUT2D eigenvalue weighted by Crippen LogP contribution is 2.33. The number of nitrogens with zero attached hydrogens (tertiary/aromatic N) is 2. The number of anilines is 2. The molecule has 2 atom stereocenters. The molecule has 2 aromatic rings. The molecule has 0 aliphatic carbocycles. The van der Waals surface area contributed by atoms with Crippen molar-refractivity contribution in [3.63, 3.8) is 0 Å². The van der Waals surface area contributed by atoms with E-state index in [1.165, 1.54) is 4.90 Å². The van der Waals surface area contributed by atoms with Gasteiger partial charge >= 0.3 is 0 Å². The Morgan fingerprint density at radius 1 is 1.17 bits per heavy atom. The maximum absolute atomic E-state index is 12.7. The zero-order chi connectivity index (χ0) is 20.4. The molecular weight excluding hydrogens is 370 g/mol. The summed E-state index contributed by atoms with van der Waals surface area (Å²) in [5.41, 5.74) is 1.66. The lowest BCUT2D eigenvalue weighted by molar-refractivity contribution is -0.128. The van der Waals surface area contributed by atoms with Crippen LogP contribution in [-0.2, 0) is 9.59 Å². The van der Waals surface area contributed by atoms with Gasteiger partial charge in [-0.25, -0.2) is 0 Å². The number of carbonyl (C=O) groups is 2. The summed E-state index contributed by atoms with van der Waals surface area (Å²) in [7, 11) is 1.66. The Morgan fingerprint density at radius 3 is 2.69 bits per heavy atom. The van der Waals surface area contributed by atoms with E-state index in [0.717, 1.165) is 24.4 Å². The fraction of sp³-hybridized carbons (Fsp3) is 0.364. The van der Waals surface area contributed by atoms with E-state index in [1.807, 2.05) is 42.5 Å². The fourth-order valence-electron chi connectivity index (χ4n) is 3.93. The predicted octanol–water partition coefficient (Wildman–Crippen LogP) is 2.20. The summed E-state index contributed by atoms with van der Waals surface area (Å²) < 4.78 is 11.1. The van der Waals surface area contributed by atoms with Crippen molar-refractivity contribution in [1.82, 2.24) is 5.32 Å². The van der Waals surface area contributed by atoms with Crippen molar-refractivity contribution in [2.24, 2.45) is 0 Å². The number of methoxy groups -OCH3 is 1. The number of ether oxygens (including phenoxy) is 2. The molecule has 2 amide bonds. The molecule has 0 spiro atoms. The van der Waals surface area contributed by atoms with Gasteiger partial charge in [-0.05, 0) is 37.6 Å². The van der Waals surface area contributed by atoms with Crippen LogP contribution in [0.25, 0.3) is 0 Å². The van der Waals surface area contributed by atoms with Gasteiger partial charge in [-0.15, -0.1) is 0 Å². The summed E-state index contributed by atoms with van der Waals surface area (Å²) in [5.74, 6) is 1.06. The smallest absolute Gasteiger partial charge is 0.268 e.